The summed E-state index contributed by atoms with van der Waals surface area (Å²) in [5.41, 5.74) is 3.73. The van der Waals surface area contributed by atoms with Crippen molar-refractivity contribution in [1.29, 1.82) is 0 Å². The van der Waals surface area contributed by atoms with Gasteiger partial charge < -0.3 is 20.5 Å². The zero-order valence-corrected chi connectivity index (χ0v) is 19.5. The number of amidine groups is 1. The van der Waals surface area contributed by atoms with Crippen LogP contribution in [-0.4, -0.2) is 69.1 Å². The van der Waals surface area contributed by atoms with E-state index in [-0.39, 0.29) is 5.92 Å². The van der Waals surface area contributed by atoms with E-state index in [0.717, 1.165) is 29.1 Å². The van der Waals surface area contributed by atoms with Crippen LogP contribution in [0.15, 0.2) is 23.3 Å². The van der Waals surface area contributed by atoms with Gasteiger partial charge in [-0.25, -0.2) is 9.98 Å². The number of hydrogen-bond acceptors (Lipinski definition) is 8. The van der Waals surface area contributed by atoms with Gasteiger partial charge >= 0.3 is 5.97 Å². The number of piperidine rings is 1. The average Bonchev–Trinajstić information content (AvgIpc) is 3.22. The number of likely N-dealkylation sites (tertiary alicyclic amines) is 1. The molecular weight excluding hydrogens is 422 g/mol. The number of aromatic nitrogens is 3. The number of aliphatic carboxylic acids is 1. The van der Waals surface area contributed by atoms with E-state index < -0.39 is 11.8 Å². The lowest BCUT2D eigenvalue weighted by atomic mass is 9.95. The number of aliphatic imine (C=N–C) groups is 1. The molecule has 0 amide bonds. The SMILES string of the molecule is CCOCCC1(N2CCC(C(=O)O)CC2)N=C(Nc2cc(C)ccn2)c2n[nH]c(CC)c2N1. The van der Waals surface area contributed by atoms with Crippen molar-refractivity contribution in [2.24, 2.45) is 10.9 Å². The number of aryl methyl sites for hydroxylation is 2. The molecule has 4 rings (SSSR count). The first-order valence-corrected chi connectivity index (χ1v) is 11.7. The maximum Gasteiger partial charge on any atom is 0.306 e. The Hall–Kier alpha value is -2.98. The van der Waals surface area contributed by atoms with E-state index in [1.54, 1.807) is 6.20 Å². The van der Waals surface area contributed by atoms with Gasteiger partial charge in [0.2, 0.25) is 0 Å². The Morgan fingerprint density at radius 2 is 2.15 bits per heavy atom. The molecule has 1 saturated heterocycles. The second kappa shape index (κ2) is 9.88. The highest BCUT2D eigenvalue weighted by atomic mass is 16.5. The van der Waals surface area contributed by atoms with Gasteiger partial charge in [-0.15, -0.1) is 0 Å². The molecule has 10 heteroatoms. The molecule has 0 aliphatic carbocycles. The number of hydrogen-bond donors (Lipinski definition) is 4. The number of carboxylic acid groups (broad SMARTS) is 1. The summed E-state index contributed by atoms with van der Waals surface area (Å²) in [7, 11) is 0. The van der Waals surface area contributed by atoms with Crippen molar-refractivity contribution >= 4 is 23.3 Å². The van der Waals surface area contributed by atoms with Gasteiger partial charge in [0.1, 0.15) is 5.82 Å². The Bertz CT molecular complexity index is 1010. The third-order valence-corrected chi connectivity index (χ3v) is 6.37. The highest BCUT2D eigenvalue weighted by Crippen LogP contribution is 2.36. The molecule has 1 atom stereocenters. The van der Waals surface area contributed by atoms with Crippen LogP contribution in [0.3, 0.4) is 0 Å². The summed E-state index contributed by atoms with van der Waals surface area (Å²) in [4.78, 5) is 23.4. The van der Waals surface area contributed by atoms with E-state index in [1.165, 1.54) is 0 Å². The largest absolute Gasteiger partial charge is 0.481 e. The maximum atomic E-state index is 11.5. The van der Waals surface area contributed by atoms with Gasteiger partial charge in [-0.05, 0) is 50.8 Å². The lowest BCUT2D eigenvalue weighted by Crippen LogP contribution is -2.59. The highest BCUT2D eigenvalue weighted by Gasteiger charge is 2.44. The van der Waals surface area contributed by atoms with Crippen molar-refractivity contribution in [1.82, 2.24) is 20.1 Å². The molecule has 0 radical (unpaired) electrons. The van der Waals surface area contributed by atoms with E-state index in [4.69, 9.17) is 9.73 Å². The molecule has 2 aromatic heterocycles. The summed E-state index contributed by atoms with van der Waals surface area (Å²) < 4.78 is 5.72. The van der Waals surface area contributed by atoms with Gasteiger partial charge in [-0.3, -0.25) is 14.8 Å². The second-order valence-corrected chi connectivity index (χ2v) is 8.57. The monoisotopic (exact) mass is 455 g/mol. The third kappa shape index (κ3) is 4.86. The molecule has 1 unspecified atom stereocenters. The number of nitrogens with one attached hydrogen (secondary N) is 3. The lowest BCUT2D eigenvalue weighted by molar-refractivity contribution is -0.143. The van der Waals surface area contributed by atoms with Gasteiger partial charge in [0.05, 0.1) is 23.9 Å². The average molecular weight is 456 g/mol. The summed E-state index contributed by atoms with van der Waals surface area (Å²) in [6.07, 6.45) is 4.34. The summed E-state index contributed by atoms with van der Waals surface area (Å²) >= 11 is 0. The summed E-state index contributed by atoms with van der Waals surface area (Å²) in [5.74, 6) is -0.481. The van der Waals surface area contributed by atoms with Crippen molar-refractivity contribution in [3.8, 4) is 0 Å². The van der Waals surface area contributed by atoms with Crippen molar-refractivity contribution < 1.29 is 14.6 Å². The van der Waals surface area contributed by atoms with Crippen molar-refractivity contribution in [2.45, 2.75) is 52.2 Å². The molecule has 0 spiro atoms. The Labute approximate surface area is 193 Å². The molecule has 0 bridgehead atoms. The van der Waals surface area contributed by atoms with Crippen LogP contribution in [0.5, 0.6) is 0 Å². The van der Waals surface area contributed by atoms with Crippen LogP contribution in [0.4, 0.5) is 11.5 Å². The summed E-state index contributed by atoms with van der Waals surface area (Å²) in [6, 6.07) is 3.92. The molecule has 0 aromatic carbocycles. The second-order valence-electron chi connectivity index (χ2n) is 8.57. The minimum absolute atomic E-state index is 0.317. The standard InChI is InChI=1S/C23H33N7O3/c1-4-17-19-20(29-28-17)21(25-18-14-15(3)6-10-24-18)27-23(26-19,9-13-33-5-2)30-11-7-16(8-12-30)22(31)32/h6,10,14,16,26H,4-5,7-9,11-13H2,1-3H3,(H,28,29)(H,31,32)(H,24,25,27). The molecule has 33 heavy (non-hydrogen) atoms. The number of nitrogens with zero attached hydrogens (tertiary/aromatic N) is 4. The normalized spacial score (nSPS) is 21.2. The first kappa shape index (κ1) is 23.2. The molecule has 178 valence electrons. The molecule has 2 aliphatic rings. The number of carbonyl (C=O) groups is 1. The van der Waals surface area contributed by atoms with Gasteiger partial charge in [0.15, 0.2) is 17.3 Å². The van der Waals surface area contributed by atoms with Crippen LogP contribution in [-0.2, 0) is 16.0 Å². The number of fused-ring (bicyclic) bond motifs is 1. The minimum atomic E-state index is -0.772. The Kier molecular flexibility index (Phi) is 6.94. The van der Waals surface area contributed by atoms with E-state index in [2.05, 4.69) is 37.6 Å². The Balaban J connectivity index is 1.72. The minimum Gasteiger partial charge on any atom is -0.481 e. The summed E-state index contributed by atoms with van der Waals surface area (Å²) in [5, 5.41) is 24.2. The fourth-order valence-electron chi connectivity index (χ4n) is 4.50. The third-order valence-electron chi connectivity index (χ3n) is 6.37. The number of anilines is 2. The number of H-pyrrole nitrogens is 1. The zero-order valence-electron chi connectivity index (χ0n) is 19.5. The molecular formula is C23H33N7O3. The molecule has 1 fully saturated rings. The molecule has 4 heterocycles. The lowest BCUT2D eigenvalue weighted by Gasteiger charge is -2.46. The maximum absolute atomic E-state index is 11.5. The van der Waals surface area contributed by atoms with Crippen molar-refractivity contribution in [3.05, 3.63) is 35.3 Å². The smallest absolute Gasteiger partial charge is 0.306 e. The predicted molar refractivity (Wildman–Crippen MR) is 126 cm³/mol. The molecule has 10 nitrogen and oxygen atoms in total. The first-order chi connectivity index (χ1) is 16.0. The molecule has 2 aromatic rings. The van der Waals surface area contributed by atoms with Gasteiger partial charge in [-0.2, -0.15) is 5.10 Å². The summed E-state index contributed by atoms with van der Waals surface area (Å²) in [6.45, 7) is 8.48. The fourth-order valence-corrected chi connectivity index (χ4v) is 4.50. The molecule has 0 saturated carbocycles. The fraction of sp³-hybridized carbons (Fsp3) is 0.565. The Morgan fingerprint density at radius 1 is 1.36 bits per heavy atom. The van der Waals surface area contributed by atoms with Gasteiger partial charge in [-0.1, -0.05) is 6.92 Å². The van der Waals surface area contributed by atoms with E-state index >= 15 is 0 Å². The topological polar surface area (TPSA) is 128 Å². The number of pyridine rings is 1. The van der Waals surface area contributed by atoms with Crippen molar-refractivity contribution in [2.75, 3.05) is 36.9 Å². The molecule has 2 aliphatic heterocycles. The zero-order chi connectivity index (χ0) is 23.4. The van der Waals surface area contributed by atoms with Crippen LogP contribution >= 0.6 is 0 Å². The van der Waals surface area contributed by atoms with E-state index in [9.17, 15) is 9.90 Å². The Morgan fingerprint density at radius 3 is 2.82 bits per heavy atom. The number of carboxylic acids is 1. The predicted octanol–water partition coefficient (Wildman–Crippen LogP) is 2.84. The van der Waals surface area contributed by atoms with E-state index in [1.807, 2.05) is 26.0 Å². The van der Waals surface area contributed by atoms with Crippen LogP contribution < -0.4 is 10.6 Å². The van der Waals surface area contributed by atoms with Crippen LogP contribution in [0.25, 0.3) is 0 Å². The first-order valence-electron chi connectivity index (χ1n) is 11.7. The number of rotatable bonds is 8. The van der Waals surface area contributed by atoms with Gasteiger partial charge in [0.25, 0.3) is 0 Å². The highest BCUT2D eigenvalue weighted by molar-refractivity contribution is 6.11. The van der Waals surface area contributed by atoms with Crippen molar-refractivity contribution in [3.63, 3.8) is 0 Å². The van der Waals surface area contributed by atoms with Crippen LogP contribution in [0, 0.1) is 12.8 Å². The van der Waals surface area contributed by atoms with Gasteiger partial charge in [0, 0.05) is 32.3 Å². The van der Waals surface area contributed by atoms with E-state index in [0.29, 0.717) is 57.2 Å². The van der Waals surface area contributed by atoms with Crippen LogP contribution in [0.1, 0.15) is 50.1 Å². The molecule has 4 N–H and O–H groups in total. The quantitative estimate of drug-likeness (QED) is 0.448. The number of aromatic amines is 1. The van der Waals surface area contributed by atoms with Crippen LogP contribution in [0.2, 0.25) is 0 Å². The number of ether oxygens (including phenoxy) is 1.